The lowest BCUT2D eigenvalue weighted by Crippen LogP contribution is -1.88. The average molecular weight is 291 g/mol. The van der Waals surface area contributed by atoms with Crippen LogP contribution in [0, 0.1) is 0 Å². The fourth-order valence-electron chi connectivity index (χ4n) is 2.35. The summed E-state index contributed by atoms with van der Waals surface area (Å²) < 4.78 is 5.21. The average Bonchev–Trinajstić information content (AvgIpc) is 3.16. The molecular formula is C15H25N5O. The van der Waals surface area contributed by atoms with Gasteiger partial charge in [-0.25, -0.2) is 4.98 Å². The topological polar surface area (TPSA) is 80.5 Å². The van der Waals surface area contributed by atoms with Crippen molar-refractivity contribution in [2.45, 2.75) is 71.1 Å². The number of nitrogens with one attached hydrogen (secondary N) is 1. The SMILES string of the molecule is CCCCCCCCCCCc1nc(-c2ncn[nH]2)no1. The van der Waals surface area contributed by atoms with E-state index in [4.69, 9.17) is 4.52 Å². The number of aromatic nitrogens is 5. The van der Waals surface area contributed by atoms with E-state index < -0.39 is 0 Å². The zero-order valence-corrected chi connectivity index (χ0v) is 12.8. The number of hydrogen-bond acceptors (Lipinski definition) is 5. The second-order valence-electron chi connectivity index (χ2n) is 5.42. The molecule has 0 fully saturated rings. The summed E-state index contributed by atoms with van der Waals surface area (Å²) in [7, 11) is 0. The van der Waals surface area contributed by atoms with Crippen LogP contribution < -0.4 is 0 Å². The highest BCUT2D eigenvalue weighted by Gasteiger charge is 2.10. The monoisotopic (exact) mass is 291 g/mol. The van der Waals surface area contributed by atoms with Gasteiger partial charge in [-0.2, -0.15) is 10.1 Å². The molecule has 0 bridgehead atoms. The van der Waals surface area contributed by atoms with Gasteiger partial charge in [0.25, 0.3) is 0 Å². The molecular weight excluding hydrogens is 266 g/mol. The number of hydrogen-bond donors (Lipinski definition) is 1. The van der Waals surface area contributed by atoms with Crippen LogP contribution in [-0.2, 0) is 6.42 Å². The van der Waals surface area contributed by atoms with Crippen molar-refractivity contribution < 1.29 is 4.52 Å². The third kappa shape index (κ3) is 5.65. The highest BCUT2D eigenvalue weighted by Crippen LogP contribution is 2.13. The Hall–Kier alpha value is -1.72. The van der Waals surface area contributed by atoms with E-state index in [9.17, 15) is 0 Å². The summed E-state index contributed by atoms with van der Waals surface area (Å²) in [6.07, 6.45) is 14.1. The number of nitrogens with zero attached hydrogens (tertiary/aromatic N) is 4. The van der Waals surface area contributed by atoms with E-state index >= 15 is 0 Å². The second-order valence-corrected chi connectivity index (χ2v) is 5.42. The Kier molecular flexibility index (Phi) is 6.91. The molecule has 0 aliphatic rings. The molecule has 1 N–H and O–H groups in total. The van der Waals surface area contributed by atoms with Gasteiger partial charge in [-0.15, -0.1) is 0 Å². The molecule has 0 atom stereocenters. The van der Waals surface area contributed by atoms with Gasteiger partial charge in [0.15, 0.2) is 5.82 Å². The van der Waals surface area contributed by atoms with E-state index in [1.54, 1.807) is 0 Å². The minimum atomic E-state index is 0.485. The summed E-state index contributed by atoms with van der Waals surface area (Å²) in [5.74, 6) is 1.72. The molecule has 0 radical (unpaired) electrons. The minimum Gasteiger partial charge on any atom is -0.339 e. The van der Waals surface area contributed by atoms with E-state index in [0.29, 0.717) is 17.5 Å². The smallest absolute Gasteiger partial charge is 0.239 e. The Bertz CT molecular complexity index is 480. The van der Waals surface area contributed by atoms with Crippen LogP contribution in [0.3, 0.4) is 0 Å². The van der Waals surface area contributed by atoms with Crippen molar-refractivity contribution in [2.24, 2.45) is 0 Å². The summed E-state index contributed by atoms with van der Waals surface area (Å²) in [6, 6.07) is 0. The highest BCUT2D eigenvalue weighted by molar-refractivity contribution is 5.39. The fourth-order valence-corrected chi connectivity index (χ4v) is 2.35. The maximum Gasteiger partial charge on any atom is 0.239 e. The first-order chi connectivity index (χ1) is 10.4. The Labute approximate surface area is 125 Å². The maximum atomic E-state index is 5.21. The van der Waals surface area contributed by atoms with E-state index in [-0.39, 0.29) is 0 Å². The molecule has 116 valence electrons. The van der Waals surface area contributed by atoms with E-state index in [2.05, 4.69) is 32.2 Å². The molecule has 0 amide bonds. The molecule has 0 aliphatic heterocycles. The molecule has 6 nitrogen and oxygen atoms in total. The lowest BCUT2D eigenvalue weighted by molar-refractivity contribution is 0.373. The molecule has 0 saturated heterocycles. The van der Waals surface area contributed by atoms with Crippen molar-refractivity contribution in [3.63, 3.8) is 0 Å². The van der Waals surface area contributed by atoms with Crippen LogP contribution in [-0.4, -0.2) is 25.3 Å². The second kappa shape index (κ2) is 9.26. The van der Waals surface area contributed by atoms with Gasteiger partial charge in [-0.3, -0.25) is 5.10 Å². The first-order valence-electron chi connectivity index (χ1n) is 8.08. The Balaban J connectivity index is 1.53. The Morgan fingerprint density at radius 2 is 1.71 bits per heavy atom. The lowest BCUT2D eigenvalue weighted by atomic mass is 10.1. The summed E-state index contributed by atoms with van der Waals surface area (Å²) >= 11 is 0. The van der Waals surface area contributed by atoms with Gasteiger partial charge in [-0.05, 0) is 6.42 Å². The predicted molar refractivity (Wildman–Crippen MR) is 80.6 cm³/mol. The number of aromatic amines is 1. The standard InChI is InChI=1S/C15H25N5O/c1-2-3-4-5-6-7-8-9-10-11-13-18-15(20-21-13)14-16-12-17-19-14/h12H,2-11H2,1H3,(H,16,17,19). The first kappa shape index (κ1) is 15.7. The quantitative estimate of drug-likeness (QED) is 0.634. The van der Waals surface area contributed by atoms with Crippen molar-refractivity contribution in [3.05, 3.63) is 12.2 Å². The molecule has 0 aliphatic carbocycles. The lowest BCUT2D eigenvalue weighted by Gasteiger charge is -2.00. The molecule has 0 aromatic carbocycles. The zero-order chi connectivity index (χ0) is 14.8. The Morgan fingerprint density at radius 1 is 1.00 bits per heavy atom. The summed E-state index contributed by atoms with van der Waals surface area (Å²) in [5, 5.41) is 10.4. The first-order valence-corrected chi connectivity index (χ1v) is 8.08. The molecule has 2 aromatic heterocycles. The van der Waals surface area contributed by atoms with Crippen molar-refractivity contribution in [1.29, 1.82) is 0 Å². The zero-order valence-electron chi connectivity index (χ0n) is 12.8. The van der Waals surface area contributed by atoms with Crippen LogP contribution in [0.15, 0.2) is 10.9 Å². The molecule has 2 heterocycles. The van der Waals surface area contributed by atoms with Crippen LogP contribution in [0.2, 0.25) is 0 Å². The van der Waals surface area contributed by atoms with E-state index in [1.807, 2.05) is 0 Å². The highest BCUT2D eigenvalue weighted by atomic mass is 16.5. The number of rotatable bonds is 11. The predicted octanol–water partition coefficient (Wildman–Crippen LogP) is 3.93. The van der Waals surface area contributed by atoms with Gasteiger partial charge in [0.1, 0.15) is 6.33 Å². The van der Waals surface area contributed by atoms with Crippen molar-refractivity contribution in [1.82, 2.24) is 25.3 Å². The third-order valence-corrected chi connectivity index (χ3v) is 3.59. The summed E-state index contributed by atoms with van der Waals surface area (Å²) in [6.45, 7) is 2.26. The largest absolute Gasteiger partial charge is 0.339 e. The van der Waals surface area contributed by atoms with Crippen LogP contribution in [0.1, 0.15) is 70.6 Å². The maximum absolute atomic E-state index is 5.21. The molecule has 6 heteroatoms. The van der Waals surface area contributed by atoms with Gasteiger partial charge in [0.05, 0.1) is 0 Å². The Morgan fingerprint density at radius 3 is 2.38 bits per heavy atom. The van der Waals surface area contributed by atoms with Gasteiger partial charge in [-0.1, -0.05) is 63.4 Å². The van der Waals surface area contributed by atoms with Crippen molar-refractivity contribution >= 4 is 0 Å². The van der Waals surface area contributed by atoms with Gasteiger partial charge < -0.3 is 4.52 Å². The number of H-pyrrole nitrogens is 1. The van der Waals surface area contributed by atoms with E-state index in [0.717, 1.165) is 12.8 Å². The molecule has 0 saturated carbocycles. The number of aryl methyl sites for hydroxylation is 1. The molecule has 21 heavy (non-hydrogen) atoms. The summed E-state index contributed by atoms with van der Waals surface area (Å²) in [5.41, 5.74) is 0. The van der Waals surface area contributed by atoms with Crippen LogP contribution >= 0.6 is 0 Å². The fraction of sp³-hybridized carbons (Fsp3) is 0.733. The molecule has 0 unspecified atom stereocenters. The summed E-state index contributed by atoms with van der Waals surface area (Å²) in [4.78, 5) is 8.31. The third-order valence-electron chi connectivity index (χ3n) is 3.59. The van der Waals surface area contributed by atoms with Crippen LogP contribution in [0.4, 0.5) is 0 Å². The normalized spacial score (nSPS) is 11.1. The molecule has 2 rings (SSSR count). The van der Waals surface area contributed by atoms with Crippen LogP contribution in [0.25, 0.3) is 11.6 Å². The van der Waals surface area contributed by atoms with Crippen molar-refractivity contribution in [2.75, 3.05) is 0 Å². The minimum absolute atomic E-state index is 0.485. The number of unbranched alkanes of at least 4 members (excludes halogenated alkanes) is 8. The molecule has 2 aromatic rings. The van der Waals surface area contributed by atoms with Gasteiger partial charge in [0, 0.05) is 6.42 Å². The van der Waals surface area contributed by atoms with Gasteiger partial charge in [0.2, 0.25) is 11.7 Å². The molecule has 0 spiro atoms. The van der Waals surface area contributed by atoms with Crippen LogP contribution in [0.5, 0.6) is 0 Å². The van der Waals surface area contributed by atoms with Crippen molar-refractivity contribution in [3.8, 4) is 11.6 Å². The van der Waals surface area contributed by atoms with Gasteiger partial charge >= 0.3 is 0 Å². The van der Waals surface area contributed by atoms with E-state index in [1.165, 1.54) is 57.7 Å².